The van der Waals surface area contributed by atoms with E-state index in [4.69, 9.17) is 24.4 Å². The van der Waals surface area contributed by atoms with Crippen LogP contribution in [0.3, 0.4) is 0 Å². The zero-order valence-corrected chi connectivity index (χ0v) is 21.8. The lowest BCUT2D eigenvalue weighted by atomic mass is 9.90. The molecular weight excluding hydrogens is 476 g/mol. The first kappa shape index (κ1) is 24.0. The second-order valence-electron chi connectivity index (χ2n) is 9.99. The minimum absolute atomic E-state index is 0.385. The summed E-state index contributed by atoms with van der Waals surface area (Å²) < 4.78 is 13.1. The molecule has 2 aliphatic heterocycles. The number of nitrogens with one attached hydrogen (secondary N) is 2. The van der Waals surface area contributed by atoms with Gasteiger partial charge in [-0.25, -0.2) is 4.98 Å². The van der Waals surface area contributed by atoms with Crippen LogP contribution in [0.4, 0.5) is 17.5 Å². The van der Waals surface area contributed by atoms with Crippen LogP contribution >= 0.6 is 11.3 Å². The molecule has 0 radical (unpaired) electrons. The SMILES string of the molecule is CCc1nc2c(N[C@H]3CC[C@H](N4CCOCC4)CC3)nc(Nc3cnn(C4CCOCC4)c3)nc2s1. The molecule has 1 aliphatic carbocycles. The number of anilines is 3. The molecule has 5 heterocycles. The summed E-state index contributed by atoms with van der Waals surface area (Å²) in [5.41, 5.74) is 1.79. The number of fused-ring (bicyclic) bond motifs is 1. The molecule has 11 heteroatoms. The summed E-state index contributed by atoms with van der Waals surface area (Å²) in [5, 5.41) is 12.8. The molecule has 1 saturated carbocycles. The lowest BCUT2D eigenvalue weighted by Crippen LogP contribution is -2.46. The van der Waals surface area contributed by atoms with E-state index in [1.165, 1.54) is 12.8 Å². The predicted octanol–water partition coefficient (Wildman–Crippen LogP) is 4.00. The highest BCUT2D eigenvalue weighted by Crippen LogP contribution is 2.32. The van der Waals surface area contributed by atoms with Gasteiger partial charge in [0.1, 0.15) is 5.52 Å². The van der Waals surface area contributed by atoms with Crippen LogP contribution in [0, 0.1) is 0 Å². The molecule has 0 spiro atoms. The fourth-order valence-electron chi connectivity index (χ4n) is 5.58. The molecular formula is C25H36N8O2S. The number of aryl methyl sites for hydroxylation is 1. The van der Waals surface area contributed by atoms with Gasteiger partial charge in [-0.15, -0.1) is 0 Å². The summed E-state index contributed by atoms with van der Waals surface area (Å²) in [6.07, 6.45) is 11.5. The van der Waals surface area contributed by atoms with Crippen molar-refractivity contribution < 1.29 is 9.47 Å². The van der Waals surface area contributed by atoms with Crippen LogP contribution in [-0.2, 0) is 15.9 Å². The van der Waals surface area contributed by atoms with Gasteiger partial charge in [0.05, 0.1) is 36.1 Å². The van der Waals surface area contributed by atoms with Gasteiger partial charge in [0, 0.05) is 44.6 Å². The molecule has 0 bridgehead atoms. The molecule has 0 aromatic carbocycles. The smallest absolute Gasteiger partial charge is 0.230 e. The van der Waals surface area contributed by atoms with E-state index in [0.29, 0.717) is 24.1 Å². The van der Waals surface area contributed by atoms with Crippen molar-refractivity contribution in [2.75, 3.05) is 50.2 Å². The van der Waals surface area contributed by atoms with E-state index >= 15 is 0 Å². The van der Waals surface area contributed by atoms with Gasteiger partial charge < -0.3 is 20.1 Å². The average molecular weight is 513 g/mol. The molecule has 2 N–H and O–H groups in total. The minimum atomic E-state index is 0.385. The fourth-order valence-corrected chi connectivity index (χ4v) is 6.45. The topological polar surface area (TPSA) is 102 Å². The molecule has 10 nitrogen and oxygen atoms in total. The fraction of sp³-hybridized carbons (Fsp3) is 0.680. The first-order chi connectivity index (χ1) is 17.7. The van der Waals surface area contributed by atoms with Crippen LogP contribution < -0.4 is 10.6 Å². The highest BCUT2D eigenvalue weighted by molar-refractivity contribution is 7.18. The normalized spacial score (nSPS) is 24.2. The van der Waals surface area contributed by atoms with Gasteiger partial charge in [0.2, 0.25) is 5.95 Å². The average Bonchev–Trinajstić information content (AvgIpc) is 3.57. The van der Waals surface area contributed by atoms with Crippen molar-refractivity contribution in [3.8, 4) is 0 Å². The predicted molar refractivity (Wildman–Crippen MR) is 141 cm³/mol. The number of aromatic nitrogens is 5. The summed E-state index contributed by atoms with van der Waals surface area (Å²) in [5.74, 6) is 1.43. The number of rotatable bonds is 7. The van der Waals surface area contributed by atoms with E-state index < -0.39 is 0 Å². The highest BCUT2D eigenvalue weighted by atomic mass is 32.1. The van der Waals surface area contributed by atoms with Crippen molar-refractivity contribution in [2.45, 2.75) is 70.0 Å². The van der Waals surface area contributed by atoms with Gasteiger partial charge in [-0.3, -0.25) is 9.58 Å². The molecule has 36 heavy (non-hydrogen) atoms. The second-order valence-corrected chi connectivity index (χ2v) is 11.0. The quantitative estimate of drug-likeness (QED) is 0.486. The Bertz CT molecular complexity index is 1150. The van der Waals surface area contributed by atoms with Crippen molar-refractivity contribution in [3.63, 3.8) is 0 Å². The Labute approximate surface area is 215 Å². The molecule has 194 valence electrons. The molecule has 2 saturated heterocycles. The van der Waals surface area contributed by atoms with Gasteiger partial charge in [-0.05, 0) is 44.9 Å². The number of hydrogen-bond acceptors (Lipinski definition) is 10. The Morgan fingerprint density at radius 3 is 2.50 bits per heavy atom. The summed E-state index contributed by atoms with van der Waals surface area (Å²) in [6.45, 7) is 7.58. The van der Waals surface area contributed by atoms with Gasteiger partial charge in [0.25, 0.3) is 0 Å². The monoisotopic (exact) mass is 512 g/mol. The minimum Gasteiger partial charge on any atom is -0.381 e. The summed E-state index contributed by atoms with van der Waals surface area (Å²) in [4.78, 5) is 18.1. The van der Waals surface area contributed by atoms with E-state index in [0.717, 1.165) is 98.5 Å². The number of hydrogen-bond donors (Lipinski definition) is 2. The van der Waals surface area contributed by atoms with Crippen molar-refractivity contribution >= 4 is 39.1 Å². The Morgan fingerprint density at radius 1 is 0.944 bits per heavy atom. The largest absolute Gasteiger partial charge is 0.381 e. The van der Waals surface area contributed by atoms with Crippen molar-refractivity contribution in [2.24, 2.45) is 0 Å². The van der Waals surface area contributed by atoms with Gasteiger partial charge in [-0.2, -0.15) is 15.1 Å². The molecule has 6 rings (SSSR count). The summed E-state index contributed by atoms with van der Waals surface area (Å²) in [7, 11) is 0. The summed E-state index contributed by atoms with van der Waals surface area (Å²) >= 11 is 1.65. The van der Waals surface area contributed by atoms with Crippen molar-refractivity contribution in [3.05, 3.63) is 17.4 Å². The molecule has 0 amide bonds. The van der Waals surface area contributed by atoms with Crippen LogP contribution in [-0.4, -0.2) is 81.2 Å². The van der Waals surface area contributed by atoms with E-state index in [-0.39, 0.29) is 0 Å². The zero-order chi connectivity index (χ0) is 24.3. The molecule has 3 aromatic rings. The summed E-state index contributed by atoms with van der Waals surface area (Å²) in [6, 6.07) is 1.46. The van der Waals surface area contributed by atoms with Crippen molar-refractivity contribution in [1.82, 2.24) is 29.6 Å². The van der Waals surface area contributed by atoms with Gasteiger partial charge >= 0.3 is 0 Å². The number of ether oxygens (including phenoxy) is 2. The standard InChI is InChI=1S/C25H36N8O2S/c1-2-21-29-22-23(27-17-3-5-19(6-4-17)32-9-13-35-14-10-32)30-25(31-24(22)36-21)28-18-15-26-33(16-18)20-7-11-34-12-8-20/h15-17,19-20H,2-14H2,1H3,(H2,27,28,30,31)/t17-,19-. The third-order valence-corrected chi connectivity index (χ3v) is 8.72. The third-order valence-electron chi connectivity index (χ3n) is 7.63. The number of nitrogens with zero attached hydrogens (tertiary/aromatic N) is 6. The van der Waals surface area contributed by atoms with E-state index in [1.54, 1.807) is 11.3 Å². The van der Waals surface area contributed by atoms with E-state index in [9.17, 15) is 0 Å². The lowest BCUT2D eigenvalue weighted by molar-refractivity contribution is 0.00791. The maximum Gasteiger partial charge on any atom is 0.230 e. The maximum absolute atomic E-state index is 5.54. The highest BCUT2D eigenvalue weighted by Gasteiger charge is 2.28. The first-order valence-corrected chi connectivity index (χ1v) is 14.2. The molecule has 0 unspecified atom stereocenters. The molecule has 3 aromatic heterocycles. The third kappa shape index (κ3) is 5.34. The molecule has 3 fully saturated rings. The first-order valence-electron chi connectivity index (χ1n) is 13.4. The van der Waals surface area contributed by atoms with Crippen LogP contribution in [0.25, 0.3) is 10.3 Å². The van der Waals surface area contributed by atoms with Crippen LogP contribution in [0.1, 0.15) is 56.5 Å². The Morgan fingerprint density at radius 2 is 1.72 bits per heavy atom. The van der Waals surface area contributed by atoms with Gasteiger partial charge in [-0.1, -0.05) is 18.3 Å². The molecule has 0 atom stereocenters. The Balaban J connectivity index is 1.17. The van der Waals surface area contributed by atoms with Crippen LogP contribution in [0.2, 0.25) is 0 Å². The maximum atomic E-state index is 5.54. The lowest BCUT2D eigenvalue weighted by Gasteiger charge is -2.39. The Hall–Kier alpha value is -2.34. The van der Waals surface area contributed by atoms with E-state index in [2.05, 4.69) is 27.6 Å². The number of morpholine rings is 1. The second kappa shape index (κ2) is 11.0. The van der Waals surface area contributed by atoms with E-state index in [1.807, 2.05) is 17.1 Å². The molecule has 3 aliphatic rings. The van der Waals surface area contributed by atoms with Crippen molar-refractivity contribution in [1.29, 1.82) is 0 Å². The van der Waals surface area contributed by atoms with Crippen LogP contribution in [0.15, 0.2) is 12.4 Å². The number of thiazole rings is 1. The van der Waals surface area contributed by atoms with Gasteiger partial charge in [0.15, 0.2) is 10.6 Å². The Kier molecular flexibility index (Phi) is 7.31. The zero-order valence-electron chi connectivity index (χ0n) is 21.0. The van der Waals surface area contributed by atoms with Crippen LogP contribution in [0.5, 0.6) is 0 Å².